The standard InChI is InChI=1S/C10H16FN/c11-9-2-7-1-8(3-9)5-10(12,4-7)6-9/h7-8H,1-6,12H2. The number of hydrogen-bond acceptors (Lipinski definition) is 1. The molecule has 0 aromatic heterocycles. The summed E-state index contributed by atoms with van der Waals surface area (Å²) in [6, 6.07) is 0. The third-order valence-electron chi connectivity index (χ3n) is 4.03. The Kier molecular flexibility index (Phi) is 1.14. The fourth-order valence-corrected chi connectivity index (χ4v) is 4.22. The number of nitrogens with two attached hydrogens (primary N) is 1. The lowest BCUT2D eigenvalue weighted by atomic mass is 9.52. The highest BCUT2D eigenvalue weighted by atomic mass is 19.1. The summed E-state index contributed by atoms with van der Waals surface area (Å²) in [6.45, 7) is 0. The van der Waals surface area contributed by atoms with Crippen LogP contribution in [0.2, 0.25) is 0 Å². The van der Waals surface area contributed by atoms with E-state index in [0.29, 0.717) is 18.3 Å². The molecule has 4 aliphatic carbocycles. The van der Waals surface area contributed by atoms with Gasteiger partial charge in [-0.2, -0.15) is 0 Å². The Morgan fingerprint density at radius 1 is 1.08 bits per heavy atom. The van der Waals surface area contributed by atoms with Crippen molar-refractivity contribution in [3.05, 3.63) is 0 Å². The highest BCUT2D eigenvalue weighted by molar-refractivity contribution is 5.11. The van der Waals surface area contributed by atoms with E-state index in [9.17, 15) is 4.39 Å². The van der Waals surface area contributed by atoms with Gasteiger partial charge in [-0.3, -0.25) is 0 Å². The van der Waals surface area contributed by atoms with Gasteiger partial charge >= 0.3 is 0 Å². The number of halogens is 1. The Bertz CT molecular complexity index is 192. The van der Waals surface area contributed by atoms with Crippen molar-refractivity contribution in [2.24, 2.45) is 17.6 Å². The van der Waals surface area contributed by atoms with Crippen molar-refractivity contribution in [1.82, 2.24) is 0 Å². The lowest BCUT2D eigenvalue weighted by molar-refractivity contribution is -0.0847. The maximum atomic E-state index is 14.0. The van der Waals surface area contributed by atoms with Crippen molar-refractivity contribution < 1.29 is 4.39 Å². The van der Waals surface area contributed by atoms with E-state index < -0.39 is 5.67 Å². The largest absolute Gasteiger partial charge is 0.325 e. The first kappa shape index (κ1) is 7.31. The molecule has 0 heterocycles. The van der Waals surface area contributed by atoms with Crippen molar-refractivity contribution in [1.29, 1.82) is 0 Å². The lowest BCUT2D eigenvalue weighted by Crippen LogP contribution is -2.61. The molecule has 0 spiro atoms. The smallest absolute Gasteiger partial charge is 0.113 e. The van der Waals surface area contributed by atoms with Crippen molar-refractivity contribution in [2.45, 2.75) is 49.7 Å². The second-order valence-electron chi connectivity index (χ2n) is 5.47. The van der Waals surface area contributed by atoms with Crippen LogP contribution in [0.15, 0.2) is 0 Å². The summed E-state index contributed by atoms with van der Waals surface area (Å²) in [5, 5.41) is 0. The summed E-state index contributed by atoms with van der Waals surface area (Å²) in [5.74, 6) is 1.22. The van der Waals surface area contributed by atoms with Gasteiger partial charge in [0.15, 0.2) is 0 Å². The molecule has 0 amide bonds. The molecule has 0 aliphatic heterocycles. The van der Waals surface area contributed by atoms with Crippen LogP contribution in [0.3, 0.4) is 0 Å². The van der Waals surface area contributed by atoms with Crippen LogP contribution in [0.25, 0.3) is 0 Å². The molecule has 4 saturated carbocycles. The van der Waals surface area contributed by atoms with Gasteiger partial charge in [-0.25, -0.2) is 4.39 Å². The Hall–Kier alpha value is -0.110. The first-order chi connectivity index (χ1) is 5.57. The molecule has 0 saturated heterocycles. The second kappa shape index (κ2) is 1.87. The first-order valence-corrected chi connectivity index (χ1v) is 5.05. The third kappa shape index (κ3) is 0.875. The van der Waals surface area contributed by atoms with E-state index in [1.807, 2.05) is 0 Å². The van der Waals surface area contributed by atoms with Gasteiger partial charge in [0, 0.05) is 5.54 Å². The Balaban J connectivity index is 1.98. The molecule has 2 atom stereocenters. The van der Waals surface area contributed by atoms with E-state index in [0.717, 1.165) is 25.7 Å². The number of rotatable bonds is 0. The molecular formula is C10H16FN. The van der Waals surface area contributed by atoms with Crippen molar-refractivity contribution >= 4 is 0 Å². The van der Waals surface area contributed by atoms with E-state index >= 15 is 0 Å². The average molecular weight is 169 g/mol. The first-order valence-electron chi connectivity index (χ1n) is 5.05. The molecule has 4 aliphatic rings. The summed E-state index contributed by atoms with van der Waals surface area (Å²) < 4.78 is 14.0. The SMILES string of the molecule is NC12CC3CC(C1)CC(F)(C3)C2. The molecule has 4 fully saturated rings. The molecular weight excluding hydrogens is 153 g/mol. The van der Waals surface area contributed by atoms with Gasteiger partial charge in [0.1, 0.15) is 5.67 Å². The topological polar surface area (TPSA) is 26.0 Å². The van der Waals surface area contributed by atoms with Crippen molar-refractivity contribution in [3.63, 3.8) is 0 Å². The molecule has 0 aromatic carbocycles. The zero-order valence-corrected chi connectivity index (χ0v) is 7.35. The van der Waals surface area contributed by atoms with Crippen LogP contribution in [0, 0.1) is 11.8 Å². The summed E-state index contributed by atoms with van der Waals surface area (Å²) >= 11 is 0. The molecule has 0 radical (unpaired) electrons. The van der Waals surface area contributed by atoms with Crippen LogP contribution in [0.4, 0.5) is 4.39 Å². The third-order valence-corrected chi connectivity index (χ3v) is 4.03. The number of alkyl halides is 1. The summed E-state index contributed by atoms with van der Waals surface area (Å²) in [7, 11) is 0. The number of hydrogen-bond donors (Lipinski definition) is 1. The van der Waals surface area contributed by atoms with E-state index in [2.05, 4.69) is 0 Å². The molecule has 68 valence electrons. The van der Waals surface area contributed by atoms with Crippen LogP contribution in [-0.2, 0) is 0 Å². The highest BCUT2D eigenvalue weighted by Crippen LogP contribution is 2.57. The van der Waals surface area contributed by atoms with Gasteiger partial charge in [-0.05, 0) is 50.4 Å². The molecule has 1 nitrogen and oxygen atoms in total. The van der Waals surface area contributed by atoms with Crippen LogP contribution in [0.5, 0.6) is 0 Å². The predicted octanol–water partition coefficient (Wildman–Crippen LogP) is 2.01. The van der Waals surface area contributed by atoms with Crippen molar-refractivity contribution in [3.8, 4) is 0 Å². The minimum atomic E-state index is -0.862. The quantitative estimate of drug-likeness (QED) is 0.589. The van der Waals surface area contributed by atoms with Crippen LogP contribution < -0.4 is 5.73 Å². The monoisotopic (exact) mass is 169 g/mol. The van der Waals surface area contributed by atoms with Gasteiger partial charge in [0.05, 0.1) is 0 Å². The maximum Gasteiger partial charge on any atom is 0.113 e. The molecule has 12 heavy (non-hydrogen) atoms. The molecule has 4 bridgehead atoms. The van der Waals surface area contributed by atoms with E-state index in [4.69, 9.17) is 5.73 Å². The van der Waals surface area contributed by atoms with Gasteiger partial charge in [0.2, 0.25) is 0 Å². The molecule has 2 unspecified atom stereocenters. The molecule has 0 aromatic rings. The predicted molar refractivity (Wildman–Crippen MR) is 45.4 cm³/mol. The van der Waals surface area contributed by atoms with Crippen molar-refractivity contribution in [2.75, 3.05) is 0 Å². The zero-order chi connectivity index (χ0) is 8.40. The Labute approximate surface area is 72.5 Å². The molecule has 2 heteroatoms. The van der Waals surface area contributed by atoms with Crippen LogP contribution in [0.1, 0.15) is 38.5 Å². The summed E-state index contributed by atoms with van der Waals surface area (Å²) in [6.07, 6.45) is 5.70. The van der Waals surface area contributed by atoms with E-state index in [1.54, 1.807) is 0 Å². The fourth-order valence-electron chi connectivity index (χ4n) is 4.22. The van der Waals surface area contributed by atoms with E-state index in [1.165, 1.54) is 6.42 Å². The summed E-state index contributed by atoms with van der Waals surface area (Å²) in [5.41, 5.74) is 5.19. The van der Waals surface area contributed by atoms with Gasteiger partial charge in [-0.15, -0.1) is 0 Å². The Morgan fingerprint density at radius 3 is 2.08 bits per heavy atom. The summed E-state index contributed by atoms with van der Waals surface area (Å²) in [4.78, 5) is 0. The average Bonchev–Trinajstić information content (AvgIpc) is 1.75. The fraction of sp³-hybridized carbons (Fsp3) is 1.00. The van der Waals surface area contributed by atoms with Gasteiger partial charge < -0.3 is 5.73 Å². The van der Waals surface area contributed by atoms with Gasteiger partial charge in [0.25, 0.3) is 0 Å². The maximum absolute atomic E-state index is 14.0. The zero-order valence-electron chi connectivity index (χ0n) is 7.35. The normalized spacial score (nSPS) is 62.5. The molecule has 2 N–H and O–H groups in total. The lowest BCUT2D eigenvalue weighted by Gasteiger charge is -2.57. The minimum absolute atomic E-state index is 0.112. The molecule has 4 rings (SSSR count). The van der Waals surface area contributed by atoms with Crippen LogP contribution >= 0.6 is 0 Å². The van der Waals surface area contributed by atoms with Gasteiger partial charge in [-0.1, -0.05) is 0 Å². The van der Waals surface area contributed by atoms with Crippen LogP contribution in [-0.4, -0.2) is 11.2 Å². The highest BCUT2D eigenvalue weighted by Gasteiger charge is 2.56. The second-order valence-corrected chi connectivity index (χ2v) is 5.47. The Morgan fingerprint density at radius 2 is 1.67 bits per heavy atom. The van der Waals surface area contributed by atoms with E-state index in [-0.39, 0.29) is 5.54 Å². The minimum Gasteiger partial charge on any atom is -0.325 e.